The highest BCUT2D eigenvalue weighted by molar-refractivity contribution is 7.15. The van der Waals surface area contributed by atoms with Gasteiger partial charge in [-0.3, -0.25) is 19.8 Å². The third kappa shape index (κ3) is 8.81. The molecule has 232 valence electrons. The van der Waals surface area contributed by atoms with Crippen LogP contribution in [-0.2, 0) is 28.9 Å². The number of aryl methyl sites for hydroxylation is 3. The van der Waals surface area contributed by atoms with E-state index in [1.807, 2.05) is 12.1 Å². The highest BCUT2D eigenvalue weighted by Crippen LogP contribution is 2.39. The zero-order chi connectivity index (χ0) is 32.0. The summed E-state index contributed by atoms with van der Waals surface area (Å²) < 4.78 is 0. The van der Waals surface area contributed by atoms with Gasteiger partial charge in [0.15, 0.2) is 5.13 Å². The molecule has 1 atom stereocenters. The number of nitrogens with one attached hydrogen (secondary N) is 3. The molecule has 0 saturated heterocycles. The number of carbonyl (C=O) groups excluding carboxylic acids is 2. The number of nitrogens with zero attached hydrogens (tertiary/aromatic N) is 3. The number of carbonyl (C=O) groups is 4. The molecule has 4 amide bonds. The molecule has 12 nitrogen and oxygen atoms in total. The van der Waals surface area contributed by atoms with Crippen molar-refractivity contribution in [2.75, 3.05) is 24.7 Å². The smallest absolute Gasteiger partial charge is 0.411 e. The van der Waals surface area contributed by atoms with Gasteiger partial charge in [0.2, 0.25) is 17.6 Å². The van der Waals surface area contributed by atoms with Gasteiger partial charge in [0.1, 0.15) is 0 Å². The van der Waals surface area contributed by atoms with Crippen LogP contribution in [0.25, 0.3) is 0 Å². The van der Waals surface area contributed by atoms with Crippen molar-refractivity contribution >= 4 is 46.2 Å². The fourth-order valence-corrected chi connectivity index (χ4v) is 5.64. The minimum atomic E-state index is -1.70. The third-order valence-electron chi connectivity index (χ3n) is 6.63. The van der Waals surface area contributed by atoms with Gasteiger partial charge in [0.25, 0.3) is 0 Å². The van der Waals surface area contributed by atoms with Gasteiger partial charge in [0, 0.05) is 49.0 Å². The number of hydrogen-bond donors (Lipinski definition) is 5. The van der Waals surface area contributed by atoms with Crippen LogP contribution in [0.5, 0.6) is 0 Å². The highest BCUT2D eigenvalue weighted by atomic mass is 32.1. The van der Waals surface area contributed by atoms with E-state index < -0.39 is 28.9 Å². The Bertz CT molecular complexity index is 1280. The molecule has 2 aromatic rings. The van der Waals surface area contributed by atoms with E-state index in [0.717, 1.165) is 21.0 Å². The van der Waals surface area contributed by atoms with E-state index in [1.165, 1.54) is 18.3 Å². The highest BCUT2D eigenvalue weighted by Gasteiger charge is 2.54. The van der Waals surface area contributed by atoms with Crippen LogP contribution in [0.4, 0.5) is 20.4 Å². The van der Waals surface area contributed by atoms with Gasteiger partial charge in [0.05, 0.1) is 5.69 Å². The molecule has 2 rings (SSSR count). The molecule has 0 aliphatic heterocycles. The summed E-state index contributed by atoms with van der Waals surface area (Å²) >= 11 is 1.37. The molecule has 0 aliphatic rings. The molecule has 13 heteroatoms. The van der Waals surface area contributed by atoms with E-state index in [4.69, 9.17) is 0 Å². The molecule has 0 bridgehead atoms. The standard InChI is InChI=1S/C29H44N6O6S/c1-18(36)30-24-31-21(22(42-24)16-17-23(37)34(8)9)15-12-19-10-13-20(14-11-19)32-29(27(2,3)4,33-25(38)39)35(26(40)41)28(5,6)7/h10-11,13-14,32-33H,12,15-17H2,1-9H3,(H,38,39)(H,40,41)(H,30,31,36). The van der Waals surface area contributed by atoms with Crippen LogP contribution in [0.15, 0.2) is 24.3 Å². The van der Waals surface area contributed by atoms with Crippen LogP contribution in [0, 0.1) is 5.41 Å². The van der Waals surface area contributed by atoms with Gasteiger partial charge in [-0.2, -0.15) is 0 Å². The van der Waals surface area contributed by atoms with Crippen molar-refractivity contribution in [2.24, 2.45) is 5.41 Å². The van der Waals surface area contributed by atoms with E-state index >= 15 is 0 Å². The number of hydrogen-bond acceptors (Lipinski definition) is 7. The number of benzene rings is 1. The molecule has 42 heavy (non-hydrogen) atoms. The van der Waals surface area contributed by atoms with Gasteiger partial charge >= 0.3 is 12.2 Å². The van der Waals surface area contributed by atoms with Gasteiger partial charge in [-0.15, -0.1) is 11.3 Å². The second-order valence-electron chi connectivity index (χ2n) is 12.4. The Kier molecular flexibility index (Phi) is 11.0. The van der Waals surface area contributed by atoms with Gasteiger partial charge in [-0.25, -0.2) is 14.6 Å². The fourth-order valence-electron chi connectivity index (χ4n) is 4.59. The predicted molar refractivity (Wildman–Crippen MR) is 164 cm³/mol. The number of carboxylic acid groups (broad SMARTS) is 2. The van der Waals surface area contributed by atoms with Crippen LogP contribution < -0.4 is 16.0 Å². The maximum atomic E-state index is 12.5. The maximum absolute atomic E-state index is 12.5. The summed E-state index contributed by atoms with van der Waals surface area (Å²) in [4.78, 5) is 56.3. The molecule has 0 spiro atoms. The number of aromatic nitrogens is 1. The van der Waals surface area contributed by atoms with Gasteiger partial charge in [-0.1, -0.05) is 32.9 Å². The molecule has 0 saturated carbocycles. The Hall–Kier alpha value is -3.87. The van der Waals surface area contributed by atoms with Gasteiger partial charge < -0.3 is 25.7 Å². The van der Waals surface area contributed by atoms with Crippen LogP contribution in [-0.4, -0.2) is 74.4 Å². The number of anilines is 2. The molecule has 0 fully saturated rings. The van der Waals surface area contributed by atoms with Crippen molar-refractivity contribution in [3.8, 4) is 0 Å². The van der Waals surface area contributed by atoms with Crippen molar-refractivity contribution in [2.45, 2.75) is 85.5 Å². The number of thiazole rings is 1. The summed E-state index contributed by atoms with van der Waals surface area (Å²) in [5.41, 5.74) is 0.464. The van der Waals surface area contributed by atoms with Crippen molar-refractivity contribution in [3.63, 3.8) is 0 Å². The van der Waals surface area contributed by atoms with Crippen LogP contribution in [0.1, 0.15) is 71.0 Å². The molecule has 1 unspecified atom stereocenters. The summed E-state index contributed by atoms with van der Waals surface area (Å²) in [5, 5.41) is 28.8. The Morgan fingerprint density at radius 1 is 0.929 bits per heavy atom. The Morgan fingerprint density at radius 2 is 1.52 bits per heavy atom. The lowest BCUT2D eigenvalue weighted by molar-refractivity contribution is -0.128. The summed E-state index contributed by atoms with van der Waals surface area (Å²) in [6.45, 7) is 11.8. The topological polar surface area (TPSA) is 164 Å². The second kappa shape index (κ2) is 13.4. The molecule has 0 aliphatic carbocycles. The van der Waals surface area contributed by atoms with Crippen molar-refractivity contribution < 1.29 is 29.4 Å². The van der Waals surface area contributed by atoms with E-state index in [2.05, 4.69) is 20.9 Å². The number of rotatable bonds is 11. The number of amides is 4. The quantitative estimate of drug-likeness (QED) is 0.222. The first kappa shape index (κ1) is 34.3. The van der Waals surface area contributed by atoms with E-state index in [-0.39, 0.29) is 11.8 Å². The molecule has 1 aromatic carbocycles. The average molecular weight is 605 g/mol. The van der Waals surface area contributed by atoms with E-state index in [1.54, 1.807) is 72.7 Å². The summed E-state index contributed by atoms with van der Waals surface area (Å²) in [7, 11) is 3.42. The molecule has 5 N–H and O–H groups in total. The average Bonchev–Trinajstić information content (AvgIpc) is 3.20. The van der Waals surface area contributed by atoms with Crippen LogP contribution in [0.3, 0.4) is 0 Å². The Morgan fingerprint density at radius 3 is 1.98 bits per heavy atom. The Balaban J connectivity index is 2.33. The lowest BCUT2D eigenvalue weighted by Crippen LogP contribution is -2.76. The summed E-state index contributed by atoms with van der Waals surface area (Å²) in [6.07, 6.45) is -0.582. The lowest BCUT2D eigenvalue weighted by atomic mass is 9.82. The normalized spacial score (nSPS) is 13.1. The SMILES string of the molecule is CC(=O)Nc1nc(CCc2ccc(NC(NC(=O)O)(N(C(=O)O)C(C)(C)C)C(C)(C)C)cc2)c(CCC(=O)N(C)C)s1. The van der Waals surface area contributed by atoms with Crippen molar-refractivity contribution in [1.29, 1.82) is 0 Å². The second-order valence-corrected chi connectivity index (χ2v) is 13.4. The largest absolute Gasteiger partial charge is 0.465 e. The lowest BCUT2D eigenvalue weighted by Gasteiger charge is -2.55. The molecular formula is C29H44N6O6S. The summed E-state index contributed by atoms with van der Waals surface area (Å²) in [6, 6.07) is 7.33. The van der Waals surface area contributed by atoms with E-state index in [0.29, 0.717) is 36.5 Å². The van der Waals surface area contributed by atoms with Crippen molar-refractivity contribution in [1.82, 2.24) is 20.1 Å². The third-order valence-corrected chi connectivity index (χ3v) is 7.70. The van der Waals surface area contributed by atoms with Crippen LogP contribution >= 0.6 is 11.3 Å². The monoisotopic (exact) mass is 604 g/mol. The zero-order valence-corrected chi connectivity index (χ0v) is 26.7. The fraction of sp³-hybridized carbons (Fsp3) is 0.552. The molecular weight excluding hydrogens is 560 g/mol. The Labute approximate surface area is 251 Å². The first-order valence-electron chi connectivity index (χ1n) is 13.6. The minimum absolute atomic E-state index is 0.00941. The maximum Gasteiger partial charge on any atom is 0.411 e. The first-order valence-corrected chi connectivity index (χ1v) is 14.5. The molecule has 1 aromatic heterocycles. The first-order chi connectivity index (χ1) is 19.3. The minimum Gasteiger partial charge on any atom is -0.465 e. The molecule has 1 heterocycles. The van der Waals surface area contributed by atoms with Crippen molar-refractivity contribution in [3.05, 3.63) is 40.4 Å². The zero-order valence-electron chi connectivity index (χ0n) is 25.9. The van der Waals surface area contributed by atoms with Crippen LogP contribution in [0.2, 0.25) is 0 Å². The molecule has 0 radical (unpaired) electrons. The van der Waals surface area contributed by atoms with E-state index in [9.17, 15) is 29.4 Å². The van der Waals surface area contributed by atoms with Gasteiger partial charge in [-0.05, 0) is 57.7 Å². The summed E-state index contributed by atoms with van der Waals surface area (Å²) in [5.74, 6) is -1.91. The predicted octanol–water partition coefficient (Wildman–Crippen LogP) is 5.07.